The highest BCUT2D eigenvalue weighted by molar-refractivity contribution is 5.89. The van der Waals surface area contributed by atoms with Gasteiger partial charge < -0.3 is 20.3 Å². The highest BCUT2D eigenvalue weighted by Crippen LogP contribution is 2.17. The van der Waals surface area contributed by atoms with Crippen LogP contribution in [0.3, 0.4) is 0 Å². The molecule has 0 heterocycles. The van der Waals surface area contributed by atoms with Crippen molar-refractivity contribution < 1.29 is 24.1 Å². The smallest absolute Gasteiger partial charge is 0.341 e. The molecule has 1 aromatic rings. The van der Waals surface area contributed by atoms with Crippen LogP contribution in [0.15, 0.2) is 18.2 Å². The molecule has 1 unspecified atom stereocenters. The van der Waals surface area contributed by atoms with E-state index < -0.39 is 17.9 Å². The molecule has 3 N–H and O–H groups in total. The van der Waals surface area contributed by atoms with Gasteiger partial charge in [0, 0.05) is 13.1 Å². The van der Waals surface area contributed by atoms with Crippen molar-refractivity contribution in [3.05, 3.63) is 35.1 Å². The number of rotatable bonds is 7. The van der Waals surface area contributed by atoms with Crippen LogP contribution in [0.25, 0.3) is 0 Å². The molecule has 0 amide bonds. The topological polar surface area (TPSA) is 78.8 Å². The lowest BCUT2D eigenvalue weighted by molar-refractivity contribution is 0.0520. The Morgan fingerprint density at radius 3 is 2.84 bits per heavy atom. The number of aliphatic hydroxyl groups excluding tert-OH is 2. The average Bonchev–Trinajstić information content (AvgIpc) is 2.39. The monoisotopic (exact) mass is 271 g/mol. The third-order valence-corrected chi connectivity index (χ3v) is 2.50. The first kappa shape index (κ1) is 15.6. The third-order valence-electron chi connectivity index (χ3n) is 2.50. The van der Waals surface area contributed by atoms with E-state index in [-0.39, 0.29) is 25.3 Å². The van der Waals surface area contributed by atoms with Gasteiger partial charge in [-0.1, -0.05) is 6.07 Å². The summed E-state index contributed by atoms with van der Waals surface area (Å²) in [6.45, 7) is 2.32. The molecule has 0 aliphatic heterocycles. The number of benzene rings is 1. The first-order valence-electron chi connectivity index (χ1n) is 6.06. The van der Waals surface area contributed by atoms with E-state index in [4.69, 9.17) is 9.84 Å². The van der Waals surface area contributed by atoms with Crippen LogP contribution in [-0.2, 0) is 4.74 Å². The second kappa shape index (κ2) is 7.83. The van der Waals surface area contributed by atoms with E-state index in [1.54, 1.807) is 6.92 Å². The molecule has 0 bridgehead atoms. The van der Waals surface area contributed by atoms with E-state index >= 15 is 0 Å². The predicted octanol–water partition coefficient (Wildman–Crippen LogP) is 0.618. The molecule has 5 nitrogen and oxygen atoms in total. The maximum absolute atomic E-state index is 13.7. The normalized spacial score (nSPS) is 12.2. The quantitative estimate of drug-likeness (QED) is 0.500. The maximum atomic E-state index is 13.7. The van der Waals surface area contributed by atoms with Crippen molar-refractivity contribution in [1.29, 1.82) is 0 Å². The van der Waals surface area contributed by atoms with Gasteiger partial charge in [0.15, 0.2) is 0 Å². The summed E-state index contributed by atoms with van der Waals surface area (Å²) in [7, 11) is 0. The van der Waals surface area contributed by atoms with Crippen LogP contribution in [0.2, 0.25) is 0 Å². The largest absolute Gasteiger partial charge is 0.462 e. The maximum Gasteiger partial charge on any atom is 0.341 e. The van der Waals surface area contributed by atoms with Crippen molar-refractivity contribution in [3.8, 4) is 0 Å². The molecule has 106 valence electrons. The minimum absolute atomic E-state index is 0.0388. The van der Waals surface area contributed by atoms with Crippen molar-refractivity contribution in [2.24, 2.45) is 0 Å². The van der Waals surface area contributed by atoms with E-state index in [0.29, 0.717) is 12.1 Å². The van der Waals surface area contributed by atoms with Crippen LogP contribution in [-0.4, -0.2) is 42.5 Å². The third kappa shape index (κ3) is 4.59. The summed E-state index contributed by atoms with van der Waals surface area (Å²) < 4.78 is 18.4. The highest BCUT2D eigenvalue weighted by atomic mass is 19.1. The van der Waals surface area contributed by atoms with Crippen LogP contribution in [0.5, 0.6) is 0 Å². The van der Waals surface area contributed by atoms with Gasteiger partial charge in [-0.3, -0.25) is 0 Å². The Kier molecular flexibility index (Phi) is 6.41. The Balaban J connectivity index is 2.73. The number of hydrogen-bond acceptors (Lipinski definition) is 5. The van der Waals surface area contributed by atoms with Gasteiger partial charge in [0.05, 0.1) is 24.9 Å². The van der Waals surface area contributed by atoms with Gasteiger partial charge in [-0.15, -0.1) is 0 Å². The Morgan fingerprint density at radius 1 is 1.53 bits per heavy atom. The molecule has 0 aliphatic rings. The zero-order valence-electron chi connectivity index (χ0n) is 10.7. The van der Waals surface area contributed by atoms with E-state index in [0.717, 1.165) is 6.07 Å². The number of hydrogen-bond donors (Lipinski definition) is 3. The van der Waals surface area contributed by atoms with Crippen molar-refractivity contribution in [1.82, 2.24) is 5.32 Å². The Hall–Kier alpha value is -1.50. The van der Waals surface area contributed by atoms with E-state index in [1.807, 2.05) is 0 Å². The molecule has 0 fully saturated rings. The number of halogens is 1. The summed E-state index contributed by atoms with van der Waals surface area (Å²) in [6, 6.07) is 3.87. The van der Waals surface area contributed by atoms with E-state index in [1.165, 1.54) is 12.1 Å². The summed E-state index contributed by atoms with van der Waals surface area (Å²) in [5.74, 6) is -1.45. The predicted molar refractivity (Wildman–Crippen MR) is 67.3 cm³/mol. The van der Waals surface area contributed by atoms with Crippen molar-refractivity contribution in [3.63, 3.8) is 0 Å². The lowest BCUT2D eigenvalue weighted by Gasteiger charge is -2.12. The van der Waals surface area contributed by atoms with E-state index in [2.05, 4.69) is 5.32 Å². The summed E-state index contributed by atoms with van der Waals surface area (Å²) in [5.41, 5.74) is 0.206. The Labute approximate surface area is 111 Å². The summed E-state index contributed by atoms with van der Waals surface area (Å²) in [6.07, 6.45) is -0.905. The standard InChI is InChI=1S/C13H18FNO4/c1-2-19-13(18)10-4-3-9(7-11(10)14)12(17)8-15-5-6-16/h3-4,7,12,15-17H,2,5-6,8H2,1H3. The van der Waals surface area contributed by atoms with Gasteiger partial charge in [0.1, 0.15) is 5.82 Å². The summed E-state index contributed by atoms with van der Waals surface area (Å²) >= 11 is 0. The minimum atomic E-state index is -0.905. The Morgan fingerprint density at radius 2 is 2.26 bits per heavy atom. The number of aliphatic hydroxyl groups is 2. The van der Waals surface area contributed by atoms with Crippen LogP contribution in [0.1, 0.15) is 28.9 Å². The van der Waals surface area contributed by atoms with Gasteiger partial charge in [-0.25, -0.2) is 9.18 Å². The fourth-order valence-corrected chi connectivity index (χ4v) is 1.55. The fourth-order valence-electron chi connectivity index (χ4n) is 1.55. The second-order valence-electron chi connectivity index (χ2n) is 3.90. The van der Waals surface area contributed by atoms with Gasteiger partial charge >= 0.3 is 5.97 Å². The number of esters is 1. The summed E-state index contributed by atoms with van der Waals surface area (Å²) in [4.78, 5) is 11.4. The molecule has 0 saturated carbocycles. The number of ether oxygens (including phenoxy) is 1. The molecular weight excluding hydrogens is 253 g/mol. The molecular formula is C13H18FNO4. The first-order chi connectivity index (χ1) is 9.10. The fraction of sp³-hybridized carbons (Fsp3) is 0.462. The molecule has 1 aromatic carbocycles. The van der Waals surface area contributed by atoms with Gasteiger partial charge in [-0.2, -0.15) is 0 Å². The van der Waals surface area contributed by atoms with Crippen LogP contribution < -0.4 is 5.32 Å². The molecule has 0 spiro atoms. The zero-order chi connectivity index (χ0) is 14.3. The molecule has 0 saturated heterocycles. The molecule has 1 atom stereocenters. The van der Waals surface area contributed by atoms with Crippen molar-refractivity contribution in [2.45, 2.75) is 13.0 Å². The molecule has 6 heteroatoms. The summed E-state index contributed by atoms with van der Waals surface area (Å²) in [5, 5.41) is 21.2. The Bertz CT molecular complexity index is 425. The second-order valence-corrected chi connectivity index (χ2v) is 3.90. The number of carbonyl (C=O) groups is 1. The molecule has 0 aliphatic carbocycles. The molecule has 0 aromatic heterocycles. The van der Waals surface area contributed by atoms with Crippen molar-refractivity contribution in [2.75, 3.05) is 26.3 Å². The average molecular weight is 271 g/mol. The highest BCUT2D eigenvalue weighted by Gasteiger charge is 2.15. The van der Waals surface area contributed by atoms with Crippen LogP contribution >= 0.6 is 0 Å². The van der Waals surface area contributed by atoms with Gasteiger partial charge in [-0.05, 0) is 24.6 Å². The van der Waals surface area contributed by atoms with Crippen LogP contribution in [0, 0.1) is 5.82 Å². The molecule has 0 radical (unpaired) electrons. The lowest BCUT2D eigenvalue weighted by Crippen LogP contribution is -2.24. The van der Waals surface area contributed by atoms with Gasteiger partial charge in [0.2, 0.25) is 0 Å². The number of nitrogens with one attached hydrogen (secondary N) is 1. The molecule has 19 heavy (non-hydrogen) atoms. The minimum Gasteiger partial charge on any atom is -0.462 e. The van der Waals surface area contributed by atoms with Gasteiger partial charge in [0.25, 0.3) is 0 Å². The lowest BCUT2D eigenvalue weighted by atomic mass is 10.1. The van der Waals surface area contributed by atoms with Crippen LogP contribution in [0.4, 0.5) is 4.39 Å². The zero-order valence-corrected chi connectivity index (χ0v) is 10.7. The number of carbonyl (C=O) groups excluding carboxylic acids is 1. The molecule has 1 rings (SSSR count). The SMILES string of the molecule is CCOC(=O)c1ccc(C(O)CNCCO)cc1F. The van der Waals surface area contributed by atoms with E-state index in [9.17, 15) is 14.3 Å². The van der Waals surface area contributed by atoms with Crippen molar-refractivity contribution >= 4 is 5.97 Å². The first-order valence-corrected chi connectivity index (χ1v) is 6.06.